The van der Waals surface area contributed by atoms with Crippen molar-refractivity contribution in [2.24, 2.45) is 0 Å². The molecule has 0 bridgehead atoms. The molecule has 0 fully saturated rings. The summed E-state index contributed by atoms with van der Waals surface area (Å²) in [6, 6.07) is 3.28. The average molecular weight is 341 g/mol. The molecule has 7 heteroatoms. The van der Waals surface area contributed by atoms with Crippen LogP contribution in [0, 0.1) is 0 Å². The molecule has 1 aromatic rings. The lowest BCUT2D eigenvalue weighted by atomic mass is 10.1. The molecule has 0 spiro atoms. The molecule has 0 saturated heterocycles. The summed E-state index contributed by atoms with van der Waals surface area (Å²) in [6.07, 6.45) is 0. The molecular formula is C17H27NO6. The molecule has 0 unspecified atom stereocenters. The van der Waals surface area contributed by atoms with E-state index in [1.54, 1.807) is 12.1 Å². The minimum atomic E-state index is -0.257. The molecule has 1 amide bonds. The molecule has 24 heavy (non-hydrogen) atoms. The number of hydrogen-bond acceptors (Lipinski definition) is 6. The lowest BCUT2D eigenvalue weighted by Gasteiger charge is -2.17. The largest absolute Gasteiger partial charge is 0.490 e. The van der Waals surface area contributed by atoms with Gasteiger partial charge in [0.1, 0.15) is 0 Å². The first-order valence-corrected chi connectivity index (χ1v) is 8.21. The van der Waals surface area contributed by atoms with Crippen molar-refractivity contribution >= 4 is 5.91 Å². The van der Waals surface area contributed by atoms with E-state index in [1.807, 2.05) is 20.8 Å². The number of ether oxygens (including phenoxy) is 4. The zero-order chi connectivity index (χ0) is 17.8. The molecule has 136 valence electrons. The maximum atomic E-state index is 12.3. The summed E-state index contributed by atoms with van der Waals surface area (Å²) in [7, 11) is 0. The molecule has 0 heterocycles. The Morgan fingerprint density at radius 1 is 1.00 bits per heavy atom. The van der Waals surface area contributed by atoms with Gasteiger partial charge in [0.05, 0.1) is 39.6 Å². The minimum absolute atomic E-state index is 0.0394. The third-order valence-electron chi connectivity index (χ3n) is 2.94. The number of carbonyl (C=O) groups excluding carboxylic acids is 1. The molecule has 2 N–H and O–H groups in total. The standard InChI is InChI=1S/C17H27NO6/c1-4-22-14-11-13(17(20)18-7-9-21-10-8-19)12-15(23-5-2)16(14)24-6-3/h11-12,19H,4-10H2,1-3H3,(H,18,20). The van der Waals surface area contributed by atoms with Crippen molar-refractivity contribution in [3.8, 4) is 17.2 Å². The second-order valence-corrected chi connectivity index (χ2v) is 4.69. The summed E-state index contributed by atoms with van der Waals surface area (Å²) in [4.78, 5) is 12.3. The Hall–Kier alpha value is -1.99. The summed E-state index contributed by atoms with van der Waals surface area (Å²) in [5, 5.41) is 11.4. The fourth-order valence-electron chi connectivity index (χ4n) is 2.03. The molecule has 0 aromatic heterocycles. The Kier molecular flexibility index (Phi) is 9.64. The SMILES string of the molecule is CCOc1cc(C(=O)NCCOCCO)cc(OCC)c1OCC. The highest BCUT2D eigenvalue weighted by atomic mass is 16.5. The van der Waals surface area contributed by atoms with E-state index in [0.717, 1.165) is 0 Å². The van der Waals surface area contributed by atoms with E-state index in [2.05, 4.69) is 5.32 Å². The van der Waals surface area contributed by atoms with Gasteiger partial charge in [0.2, 0.25) is 5.75 Å². The number of aliphatic hydroxyl groups is 1. The minimum Gasteiger partial charge on any atom is -0.490 e. The smallest absolute Gasteiger partial charge is 0.251 e. The van der Waals surface area contributed by atoms with Gasteiger partial charge in [0.15, 0.2) is 11.5 Å². The average Bonchev–Trinajstić information content (AvgIpc) is 2.57. The molecule has 0 aliphatic heterocycles. The van der Waals surface area contributed by atoms with Crippen LogP contribution in [0.2, 0.25) is 0 Å². The number of nitrogens with one attached hydrogen (secondary N) is 1. The quantitative estimate of drug-likeness (QED) is 0.562. The zero-order valence-electron chi connectivity index (χ0n) is 14.6. The summed E-state index contributed by atoms with van der Waals surface area (Å²) in [5.74, 6) is 1.20. The third kappa shape index (κ3) is 6.25. The molecule has 7 nitrogen and oxygen atoms in total. The molecule has 0 atom stereocenters. The van der Waals surface area contributed by atoms with E-state index >= 15 is 0 Å². The molecule has 0 aliphatic rings. The van der Waals surface area contributed by atoms with E-state index in [1.165, 1.54) is 0 Å². The van der Waals surface area contributed by atoms with Gasteiger partial charge in [-0.1, -0.05) is 0 Å². The fraction of sp³-hybridized carbons (Fsp3) is 0.588. The Morgan fingerprint density at radius 3 is 2.08 bits per heavy atom. The highest BCUT2D eigenvalue weighted by molar-refractivity contribution is 5.95. The van der Waals surface area contributed by atoms with E-state index < -0.39 is 0 Å². The summed E-state index contributed by atoms with van der Waals surface area (Å²) in [5.41, 5.74) is 0.424. The van der Waals surface area contributed by atoms with E-state index in [-0.39, 0.29) is 19.1 Å². The van der Waals surface area contributed by atoms with Gasteiger partial charge < -0.3 is 29.4 Å². The highest BCUT2D eigenvalue weighted by Crippen LogP contribution is 2.39. The predicted octanol–water partition coefficient (Wildman–Crippen LogP) is 1.62. The van der Waals surface area contributed by atoms with Crippen molar-refractivity contribution in [1.29, 1.82) is 0 Å². The van der Waals surface area contributed by atoms with Crippen LogP contribution < -0.4 is 19.5 Å². The number of amides is 1. The van der Waals surface area contributed by atoms with Gasteiger partial charge in [-0.15, -0.1) is 0 Å². The number of aliphatic hydroxyl groups excluding tert-OH is 1. The Bertz CT molecular complexity index is 479. The van der Waals surface area contributed by atoms with E-state index in [0.29, 0.717) is 55.8 Å². The van der Waals surface area contributed by atoms with Gasteiger partial charge in [0, 0.05) is 12.1 Å². The Morgan fingerprint density at radius 2 is 1.58 bits per heavy atom. The van der Waals surface area contributed by atoms with E-state index in [4.69, 9.17) is 24.1 Å². The second kappa shape index (κ2) is 11.5. The van der Waals surface area contributed by atoms with Gasteiger partial charge in [-0.3, -0.25) is 4.79 Å². The molecule has 0 radical (unpaired) electrons. The van der Waals surface area contributed by atoms with Crippen molar-refractivity contribution in [1.82, 2.24) is 5.32 Å². The van der Waals surface area contributed by atoms with Crippen LogP contribution in [0.4, 0.5) is 0 Å². The predicted molar refractivity (Wildman–Crippen MR) is 90.2 cm³/mol. The number of rotatable bonds is 12. The van der Waals surface area contributed by atoms with Crippen LogP contribution in [-0.4, -0.2) is 57.2 Å². The summed E-state index contributed by atoms with van der Waals surface area (Å²) < 4.78 is 21.9. The molecule has 0 aliphatic carbocycles. The lowest BCUT2D eigenvalue weighted by Crippen LogP contribution is -2.27. The summed E-state index contributed by atoms with van der Waals surface area (Å²) >= 11 is 0. The summed E-state index contributed by atoms with van der Waals surface area (Å²) in [6.45, 7) is 7.86. The van der Waals surface area contributed by atoms with Gasteiger partial charge in [-0.05, 0) is 32.9 Å². The van der Waals surface area contributed by atoms with Crippen LogP contribution in [0.1, 0.15) is 31.1 Å². The monoisotopic (exact) mass is 341 g/mol. The topological polar surface area (TPSA) is 86.3 Å². The van der Waals surface area contributed by atoms with Crippen molar-refractivity contribution in [3.63, 3.8) is 0 Å². The highest BCUT2D eigenvalue weighted by Gasteiger charge is 2.18. The van der Waals surface area contributed by atoms with Crippen LogP contribution in [0.5, 0.6) is 17.2 Å². The molecule has 0 saturated carbocycles. The van der Waals surface area contributed by atoms with Crippen LogP contribution in [-0.2, 0) is 4.74 Å². The Labute approximate surface area is 142 Å². The first-order chi connectivity index (χ1) is 11.7. The maximum absolute atomic E-state index is 12.3. The normalized spacial score (nSPS) is 10.3. The van der Waals surface area contributed by atoms with Gasteiger partial charge in [-0.25, -0.2) is 0 Å². The molecular weight excluding hydrogens is 314 g/mol. The second-order valence-electron chi connectivity index (χ2n) is 4.69. The van der Waals surface area contributed by atoms with Crippen molar-refractivity contribution in [2.75, 3.05) is 46.2 Å². The number of hydrogen-bond donors (Lipinski definition) is 2. The Balaban J connectivity index is 2.90. The first-order valence-electron chi connectivity index (χ1n) is 8.21. The van der Waals surface area contributed by atoms with E-state index in [9.17, 15) is 4.79 Å². The maximum Gasteiger partial charge on any atom is 0.251 e. The van der Waals surface area contributed by atoms with Crippen LogP contribution in [0.15, 0.2) is 12.1 Å². The zero-order valence-corrected chi connectivity index (χ0v) is 14.6. The van der Waals surface area contributed by atoms with Gasteiger partial charge in [-0.2, -0.15) is 0 Å². The molecule has 1 aromatic carbocycles. The fourth-order valence-corrected chi connectivity index (χ4v) is 2.03. The first kappa shape index (κ1) is 20.1. The van der Waals surface area contributed by atoms with Crippen molar-refractivity contribution < 1.29 is 28.8 Å². The van der Waals surface area contributed by atoms with Crippen LogP contribution >= 0.6 is 0 Å². The third-order valence-corrected chi connectivity index (χ3v) is 2.94. The number of carbonyl (C=O) groups is 1. The lowest BCUT2D eigenvalue weighted by molar-refractivity contribution is 0.0837. The van der Waals surface area contributed by atoms with Gasteiger partial charge in [0.25, 0.3) is 5.91 Å². The van der Waals surface area contributed by atoms with Crippen molar-refractivity contribution in [3.05, 3.63) is 17.7 Å². The number of benzene rings is 1. The van der Waals surface area contributed by atoms with Crippen LogP contribution in [0.3, 0.4) is 0 Å². The van der Waals surface area contributed by atoms with Crippen LogP contribution in [0.25, 0.3) is 0 Å². The van der Waals surface area contributed by atoms with Gasteiger partial charge >= 0.3 is 0 Å². The van der Waals surface area contributed by atoms with Crippen molar-refractivity contribution in [2.45, 2.75) is 20.8 Å². The molecule has 1 rings (SSSR count).